The molecule has 3 rings (SSSR count). The van der Waals surface area contributed by atoms with E-state index in [1.54, 1.807) is 18.2 Å². The van der Waals surface area contributed by atoms with E-state index in [-0.39, 0.29) is 5.69 Å². The average molecular weight is 393 g/mol. The molecule has 10 heteroatoms. The van der Waals surface area contributed by atoms with E-state index in [9.17, 15) is 22.8 Å². The quantitative estimate of drug-likeness (QED) is 0.477. The largest absolute Gasteiger partial charge is 0.486 e. The van der Waals surface area contributed by atoms with Crippen LogP contribution in [0.25, 0.3) is 0 Å². The molecule has 2 aromatic rings. The number of halogens is 3. The number of carbonyl (C=O) groups excluding carboxylic acids is 2. The minimum absolute atomic E-state index is 0.161. The summed E-state index contributed by atoms with van der Waals surface area (Å²) in [5, 5.41) is 5.73. The van der Waals surface area contributed by atoms with Crippen molar-refractivity contribution >= 4 is 23.7 Å². The van der Waals surface area contributed by atoms with Crippen LogP contribution in [0.1, 0.15) is 11.1 Å². The van der Waals surface area contributed by atoms with Crippen LogP contribution in [0, 0.1) is 0 Å². The SMILES string of the molecule is O=C(NN=Cc1ccc2c(c1)OCCO2)C(=O)Nc1cccc(C(F)(F)F)c1. The minimum atomic E-state index is -4.56. The molecule has 1 aliphatic heterocycles. The Balaban J connectivity index is 1.57. The summed E-state index contributed by atoms with van der Waals surface area (Å²) in [5.41, 5.74) is 1.48. The maximum Gasteiger partial charge on any atom is 0.416 e. The molecule has 1 heterocycles. The molecule has 0 aliphatic carbocycles. The van der Waals surface area contributed by atoms with E-state index in [0.29, 0.717) is 30.3 Å². The zero-order chi connectivity index (χ0) is 20.1. The number of hydrogen-bond donors (Lipinski definition) is 2. The summed E-state index contributed by atoms with van der Waals surface area (Å²) in [6, 6.07) is 8.93. The molecule has 0 radical (unpaired) electrons. The molecule has 0 atom stereocenters. The molecular weight excluding hydrogens is 379 g/mol. The van der Waals surface area contributed by atoms with Crippen molar-refractivity contribution in [3.05, 3.63) is 53.6 Å². The first-order chi connectivity index (χ1) is 13.3. The standard InChI is InChI=1S/C18H14F3N3O4/c19-18(20,21)12-2-1-3-13(9-12)23-16(25)17(26)24-22-10-11-4-5-14-15(8-11)28-7-6-27-14/h1-5,8-10H,6-7H2,(H,23,25)(H,24,26). The Labute approximate surface area is 157 Å². The van der Waals surface area contributed by atoms with Gasteiger partial charge in [-0.25, -0.2) is 5.43 Å². The predicted molar refractivity (Wildman–Crippen MR) is 93.2 cm³/mol. The van der Waals surface area contributed by atoms with Gasteiger partial charge in [-0.15, -0.1) is 0 Å². The second kappa shape index (κ2) is 7.99. The van der Waals surface area contributed by atoms with Gasteiger partial charge >= 0.3 is 18.0 Å². The van der Waals surface area contributed by atoms with E-state index >= 15 is 0 Å². The molecule has 0 saturated carbocycles. The Hall–Kier alpha value is -3.56. The number of nitrogens with one attached hydrogen (secondary N) is 2. The molecule has 146 valence electrons. The average Bonchev–Trinajstić information content (AvgIpc) is 2.67. The fourth-order valence-corrected chi connectivity index (χ4v) is 2.32. The van der Waals surface area contributed by atoms with Crippen LogP contribution in [0.2, 0.25) is 0 Å². The number of rotatable bonds is 3. The second-order valence-electron chi connectivity index (χ2n) is 5.63. The summed E-state index contributed by atoms with van der Waals surface area (Å²) in [7, 11) is 0. The van der Waals surface area contributed by atoms with Crippen LogP contribution in [-0.4, -0.2) is 31.2 Å². The van der Waals surface area contributed by atoms with Gasteiger partial charge in [0, 0.05) is 5.69 Å². The van der Waals surface area contributed by atoms with Gasteiger partial charge in [0.15, 0.2) is 11.5 Å². The van der Waals surface area contributed by atoms with Crippen molar-refractivity contribution in [1.82, 2.24) is 5.43 Å². The molecule has 0 fully saturated rings. The normalized spacial score (nSPS) is 13.2. The summed E-state index contributed by atoms with van der Waals surface area (Å²) < 4.78 is 48.8. The number of hydrogen-bond acceptors (Lipinski definition) is 5. The molecule has 1 aliphatic rings. The molecule has 0 saturated heterocycles. The maximum absolute atomic E-state index is 12.7. The van der Waals surface area contributed by atoms with Gasteiger partial charge < -0.3 is 14.8 Å². The van der Waals surface area contributed by atoms with Crippen LogP contribution in [0.3, 0.4) is 0 Å². The van der Waals surface area contributed by atoms with Crippen molar-refractivity contribution in [1.29, 1.82) is 0 Å². The number of ether oxygens (including phenoxy) is 2. The van der Waals surface area contributed by atoms with Crippen LogP contribution in [-0.2, 0) is 15.8 Å². The molecule has 7 nitrogen and oxygen atoms in total. The number of carbonyl (C=O) groups is 2. The number of amides is 2. The molecule has 28 heavy (non-hydrogen) atoms. The van der Waals surface area contributed by atoms with Gasteiger partial charge in [0.25, 0.3) is 0 Å². The van der Waals surface area contributed by atoms with Gasteiger partial charge in [-0.05, 0) is 42.0 Å². The van der Waals surface area contributed by atoms with E-state index < -0.39 is 23.6 Å². The summed E-state index contributed by atoms with van der Waals surface area (Å²) in [5.74, 6) is -1.17. The van der Waals surface area contributed by atoms with Crippen LogP contribution in [0.4, 0.5) is 18.9 Å². The third-order valence-electron chi connectivity index (χ3n) is 3.60. The minimum Gasteiger partial charge on any atom is -0.486 e. The van der Waals surface area contributed by atoms with Crippen LogP contribution in [0.5, 0.6) is 11.5 Å². The maximum atomic E-state index is 12.7. The summed E-state index contributed by atoms with van der Waals surface area (Å²) in [6.45, 7) is 0.873. The number of hydrazone groups is 1. The summed E-state index contributed by atoms with van der Waals surface area (Å²) in [4.78, 5) is 23.5. The van der Waals surface area contributed by atoms with Crippen molar-refractivity contribution in [2.24, 2.45) is 5.10 Å². The lowest BCUT2D eigenvalue weighted by Crippen LogP contribution is -2.32. The van der Waals surface area contributed by atoms with E-state index in [1.165, 1.54) is 12.3 Å². The molecule has 0 bridgehead atoms. The number of fused-ring (bicyclic) bond motifs is 1. The number of alkyl halides is 3. The third-order valence-corrected chi connectivity index (χ3v) is 3.60. The molecule has 0 spiro atoms. The van der Waals surface area contributed by atoms with E-state index in [0.717, 1.165) is 18.2 Å². The van der Waals surface area contributed by atoms with Crippen molar-refractivity contribution in [3.8, 4) is 11.5 Å². The van der Waals surface area contributed by atoms with Gasteiger partial charge in [0.05, 0.1) is 11.8 Å². The molecule has 2 aromatic carbocycles. The Morgan fingerprint density at radius 1 is 1.00 bits per heavy atom. The van der Waals surface area contributed by atoms with E-state index in [2.05, 4.69) is 10.4 Å². The first-order valence-electron chi connectivity index (χ1n) is 8.04. The first kappa shape index (κ1) is 19.2. The highest BCUT2D eigenvalue weighted by Crippen LogP contribution is 2.31. The second-order valence-corrected chi connectivity index (χ2v) is 5.63. The molecular formula is C18H14F3N3O4. The van der Waals surface area contributed by atoms with E-state index in [4.69, 9.17) is 9.47 Å². The number of anilines is 1. The monoisotopic (exact) mass is 393 g/mol. The van der Waals surface area contributed by atoms with Crippen molar-refractivity contribution in [2.45, 2.75) is 6.18 Å². The Bertz CT molecular complexity index is 929. The molecule has 2 N–H and O–H groups in total. The van der Waals surface area contributed by atoms with Crippen LogP contribution < -0.4 is 20.2 Å². The van der Waals surface area contributed by atoms with Gasteiger partial charge in [-0.2, -0.15) is 18.3 Å². The lowest BCUT2D eigenvalue weighted by atomic mass is 10.2. The fourth-order valence-electron chi connectivity index (χ4n) is 2.32. The fraction of sp³-hybridized carbons (Fsp3) is 0.167. The Morgan fingerprint density at radius 3 is 2.50 bits per heavy atom. The highest BCUT2D eigenvalue weighted by atomic mass is 19.4. The lowest BCUT2D eigenvalue weighted by molar-refractivity contribution is -0.137. The molecule has 0 aromatic heterocycles. The first-order valence-corrected chi connectivity index (χ1v) is 8.04. The number of benzene rings is 2. The van der Waals surface area contributed by atoms with Crippen molar-refractivity contribution in [3.63, 3.8) is 0 Å². The van der Waals surface area contributed by atoms with Crippen molar-refractivity contribution in [2.75, 3.05) is 18.5 Å². The highest BCUT2D eigenvalue weighted by molar-refractivity contribution is 6.39. The Morgan fingerprint density at radius 2 is 1.75 bits per heavy atom. The smallest absolute Gasteiger partial charge is 0.416 e. The van der Waals surface area contributed by atoms with Gasteiger partial charge in [-0.3, -0.25) is 9.59 Å². The third kappa shape index (κ3) is 4.78. The molecule has 0 unspecified atom stereocenters. The summed E-state index contributed by atoms with van der Waals surface area (Å²) >= 11 is 0. The predicted octanol–water partition coefficient (Wildman–Crippen LogP) is 2.57. The zero-order valence-corrected chi connectivity index (χ0v) is 14.2. The zero-order valence-electron chi connectivity index (χ0n) is 14.2. The van der Waals surface area contributed by atoms with Crippen molar-refractivity contribution < 1.29 is 32.2 Å². The Kier molecular flexibility index (Phi) is 5.48. The highest BCUT2D eigenvalue weighted by Gasteiger charge is 2.30. The number of nitrogens with zero attached hydrogens (tertiary/aromatic N) is 1. The lowest BCUT2D eigenvalue weighted by Gasteiger charge is -2.18. The van der Waals surface area contributed by atoms with E-state index in [1.807, 2.05) is 5.43 Å². The van der Waals surface area contributed by atoms with Gasteiger partial charge in [0.1, 0.15) is 13.2 Å². The van der Waals surface area contributed by atoms with Gasteiger partial charge in [0.2, 0.25) is 0 Å². The topological polar surface area (TPSA) is 89.0 Å². The summed E-state index contributed by atoms with van der Waals surface area (Å²) in [6.07, 6.45) is -3.27. The van der Waals surface area contributed by atoms with Crippen LogP contribution >= 0.6 is 0 Å². The molecule has 2 amide bonds. The van der Waals surface area contributed by atoms with Crippen LogP contribution in [0.15, 0.2) is 47.6 Å². The van der Waals surface area contributed by atoms with Gasteiger partial charge in [-0.1, -0.05) is 6.07 Å².